The molecule has 0 aliphatic rings. The van der Waals surface area contributed by atoms with E-state index in [1.165, 1.54) is 22.3 Å². The zero-order chi connectivity index (χ0) is 15.4. The Kier molecular flexibility index (Phi) is 8.29. The maximum atomic E-state index is 2.23. The Morgan fingerprint density at radius 2 is 0.917 bits per heavy atom. The molecule has 0 radical (unpaired) electrons. The van der Waals surface area contributed by atoms with Gasteiger partial charge in [-0.05, 0) is 25.0 Å². The summed E-state index contributed by atoms with van der Waals surface area (Å²) in [6, 6.07) is 17.3. The lowest BCUT2D eigenvalue weighted by Crippen LogP contribution is -2.36. The van der Waals surface area contributed by atoms with Crippen LogP contribution in [0.1, 0.15) is 22.3 Å². The van der Waals surface area contributed by atoms with Crippen molar-refractivity contribution in [2.45, 2.75) is 26.9 Å². The van der Waals surface area contributed by atoms with Crippen molar-refractivity contribution in [3.05, 3.63) is 95.6 Å². The highest BCUT2D eigenvalue weighted by Gasteiger charge is 2.11. The number of hydrogen-bond acceptors (Lipinski definition) is 0. The number of halogens is 2. The highest BCUT2D eigenvalue weighted by Crippen LogP contribution is 2.08. The summed E-state index contributed by atoms with van der Waals surface area (Å²) in [5.74, 6) is 0. The molecule has 4 heteroatoms. The molecule has 0 saturated carbocycles. The SMILES string of the molecule is Br.Br.Cc1cc[n+](Cc2ccccc2C[n+]2ccc(C)cc2)cc1. The van der Waals surface area contributed by atoms with Crippen molar-refractivity contribution in [1.82, 2.24) is 0 Å². The lowest BCUT2D eigenvalue weighted by molar-refractivity contribution is -0.693. The van der Waals surface area contributed by atoms with Gasteiger partial charge in [0.25, 0.3) is 0 Å². The molecule has 0 amide bonds. The second kappa shape index (κ2) is 9.70. The first-order valence-electron chi connectivity index (χ1n) is 7.69. The average Bonchev–Trinajstić information content (AvgIpc) is 2.54. The van der Waals surface area contributed by atoms with Crippen LogP contribution in [0.15, 0.2) is 73.3 Å². The molecule has 0 spiro atoms. The Balaban J connectivity index is 0.00000144. The first-order valence-corrected chi connectivity index (χ1v) is 7.69. The number of aromatic nitrogens is 2. The average molecular weight is 452 g/mol. The molecule has 2 aromatic heterocycles. The summed E-state index contributed by atoms with van der Waals surface area (Å²) >= 11 is 0. The van der Waals surface area contributed by atoms with Gasteiger partial charge < -0.3 is 0 Å². The molecule has 0 saturated heterocycles. The third kappa shape index (κ3) is 5.53. The second-order valence-corrected chi connectivity index (χ2v) is 5.86. The fourth-order valence-electron chi connectivity index (χ4n) is 2.53. The van der Waals surface area contributed by atoms with Gasteiger partial charge in [0.2, 0.25) is 0 Å². The van der Waals surface area contributed by atoms with Crippen LogP contribution in [0.5, 0.6) is 0 Å². The van der Waals surface area contributed by atoms with Crippen molar-refractivity contribution in [2.75, 3.05) is 0 Å². The van der Waals surface area contributed by atoms with Crippen molar-refractivity contribution in [3.63, 3.8) is 0 Å². The molecule has 24 heavy (non-hydrogen) atoms. The van der Waals surface area contributed by atoms with E-state index in [-0.39, 0.29) is 34.0 Å². The first-order chi connectivity index (χ1) is 10.7. The number of hydrogen-bond donors (Lipinski definition) is 0. The van der Waals surface area contributed by atoms with Crippen LogP contribution in [0.25, 0.3) is 0 Å². The van der Waals surface area contributed by atoms with Crippen LogP contribution in [0.4, 0.5) is 0 Å². The zero-order valence-electron chi connectivity index (χ0n) is 14.1. The summed E-state index contributed by atoms with van der Waals surface area (Å²) in [4.78, 5) is 0. The monoisotopic (exact) mass is 450 g/mol. The van der Waals surface area contributed by atoms with Crippen molar-refractivity contribution < 1.29 is 9.13 Å². The molecule has 2 heterocycles. The fourth-order valence-corrected chi connectivity index (χ4v) is 2.53. The third-order valence-electron chi connectivity index (χ3n) is 3.94. The van der Waals surface area contributed by atoms with E-state index >= 15 is 0 Å². The summed E-state index contributed by atoms with van der Waals surface area (Å²) in [6.45, 7) is 6.05. The van der Waals surface area contributed by atoms with Crippen LogP contribution in [0, 0.1) is 13.8 Å². The number of benzene rings is 1. The van der Waals surface area contributed by atoms with E-state index in [2.05, 4.69) is 96.3 Å². The quantitative estimate of drug-likeness (QED) is 0.527. The predicted molar refractivity (Wildman–Crippen MR) is 108 cm³/mol. The summed E-state index contributed by atoms with van der Waals surface area (Å²) in [5, 5.41) is 0. The van der Waals surface area contributed by atoms with Crippen LogP contribution >= 0.6 is 34.0 Å². The van der Waals surface area contributed by atoms with E-state index in [1.54, 1.807) is 0 Å². The number of rotatable bonds is 4. The maximum Gasteiger partial charge on any atom is 0.174 e. The van der Waals surface area contributed by atoms with E-state index in [9.17, 15) is 0 Å². The summed E-state index contributed by atoms with van der Waals surface area (Å²) < 4.78 is 4.46. The molecule has 0 aliphatic carbocycles. The van der Waals surface area contributed by atoms with Crippen LogP contribution in [0.2, 0.25) is 0 Å². The van der Waals surface area contributed by atoms with Crippen LogP contribution < -0.4 is 9.13 Å². The Bertz CT molecular complexity index is 687. The van der Waals surface area contributed by atoms with Gasteiger partial charge in [0.1, 0.15) is 0 Å². The molecule has 1 aromatic carbocycles. The highest BCUT2D eigenvalue weighted by atomic mass is 79.9. The van der Waals surface area contributed by atoms with Gasteiger partial charge in [0, 0.05) is 35.4 Å². The molecule has 0 aliphatic heterocycles. The Morgan fingerprint density at radius 3 is 1.25 bits per heavy atom. The Morgan fingerprint density at radius 1 is 0.583 bits per heavy atom. The summed E-state index contributed by atoms with van der Waals surface area (Å²) in [5.41, 5.74) is 5.31. The molecule has 3 rings (SSSR count). The Hall–Kier alpha value is -1.52. The molecule has 2 nitrogen and oxygen atoms in total. The number of aryl methyl sites for hydroxylation is 2. The fraction of sp³-hybridized carbons (Fsp3) is 0.200. The van der Waals surface area contributed by atoms with Gasteiger partial charge in [-0.15, -0.1) is 34.0 Å². The smallest absolute Gasteiger partial charge is 0.174 e. The predicted octanol–water partition coefficient (Wildman–Crippen LogP) is 4.13. The van der Waals surface area contributed by atoms with E-state index < -0.39 is 0 Å². The lowest BCUT2D eigenvalue weighted by atomic mass is 10.1. The largest absolute Gasteiger partial charge is 0.201 e. The van der Waals surface area contributed by atoms with Gasteiger partial charge in [-0.3, -0.25) is 0 Å². The standard InChI is InChI=1S/C20H22N2.2BrH/c1-17-7-11-21(12-8-17)15-19-5-3-4-6-20(19)16-22-13-9-18(2)10-14-22;;/h3-14H,15-16H2,1-2H3;2*1H/q+2;;. The van der Waals surface area contributed by atoms with Crippen molar-refractivity contribution >= 4 is 34.0 Å². The molecule has 0 N–H and O–H groups in total. The molecule has 0 fully saturated rings. The maximum absolute atomic E-state index is 2.23. The van der Waals surface area contributed by atoms with E-state index in [0.717, 1.165) is 13.1 Å². The minimum Gasteiger partial charge on any atom is -0.201 e. The molecule has 126 valence electrons. The van der Waals surface area contributed by atoms with Crippen molar-refractivity contribution in [2.24, 2.45) is 0 Å². The minimum atomic E-state index is 0. The van der Waals surface area contributed by atoms with E-state index in [1.807, 2.05) is 0 Å². The van der Waals surface area contributed by atoms with E-state index in [0.29, 0.717) is 0 Å². The van der Waals surface area contributed by atoms with Gasteiger partial charge in [-0.1, -0.05) is 24.3 Å². The zero-order valence-corrected chi connectivity index (χ0v) is 17.5. The first kappa shape index (κ1) is 20.5. The summed E-state index contributed by atoms with van der Waals surface area (Å²) in [6.07, 6.45) is 8.58. The molecular weight excluding hydrogens is 428 g/mol. The van der Waals surface area contributed by atoms with Gasteiger partial charge in [0.05, 0.1) is 0 Å². The van der Waals surface area contributed by atoms with Crippen LogP contribution in [-0.4, -0.2) is 0 Å². The Labute approximate surface area is 165 Å². The summed E-state index contributed by atoms with van der Waals surface area (Å²) in [7, 11) is 0. The lowest BCUT2D eigenvalue weighted by Gasteiger charge is -2.05. The second-order valence-electron chi connectivity index (χ2n) is 5.86. The van der Waals surface area contributed by atoms with E-state index in [4.69, 9.17) is 0 Å². The number of pyridine rings is 2. The van der Waals surface area contributed by atoms with Gasteiger partial charge >= 0.3 is 0 Å². The third-order valence-corrected chi connectivity index (χ3v) is 3.94. The highest BCUT2D eigenvalue weighted by molar-refractivity contribution is 8.93. The molecular formula is C20H24Br2N2+2. The molecule has 3 aromatic rings. The molecule has 0 unspecified atom stereocenters. The topological polar surface area (TPSA) is 7.76 Å². The number of nitrogens with zero attached hydrogens (tertiary/aromatic N) is 2. The van der Waals surface area contributed by atoms with Gasteiger partial charge in [0.15, 0.2) is 37.9 Å². The van der Waals surface area contributed by atoms with Crippen LogP contribution in [0.3, 0.4) is 0 Å². The van der Waals surface area contributed by atoms with Gasteiger partial charge in [-0.2, -0.15) is 0 Å². The van der Waals surface area contributed by atoms with Crippen molar-refractivity contribution in [3.8, 4) is 0 Å². The van der Waals surface area contributed by atoms with Crippen molar-refractivity contribution in [1.29, 1.82) is 0 Å². The van der Waals surface area contributed by atoms with Gasteiger partial charge in [-0.25, -0.2) is 9.13 Å². The molecule has 0 atom stereocenters. The normalized spacial score (nSPS) is 9.75. The minimum absolute atomic E-state index is 0. The van der Waals surface area contributed by atoms with Crippen LogP contribution in [-0.2, 0) is 13.1 Å². The molecule has 0 bridgehead atoms.